The first-order chi connectivity index (χ1) is 8.67. The van der Waals surface area contributed by atoms with Gasteiger partial charge in [0, 0.05) is 5.41 Å². The molecule has 0 radical (unpaired) electrons. The molecule has 3 rings (SSSR count). The summed E-state index contributed by atoms with van der Waals surface area (Å²) < 4.78 is 4.93. The van der Waals surface area contributed by atoms with Gasteiger partial charge in [0.05, 0.1) is 13.0 Å². The van der Waals surface area contributed by atoms with E-state index in [0.717, 1.165) is 32.1 Å². The van der Waals surface area contributed by atoms with Crippen LogP contribution in [0.2, 0.25) is 0 Å². The van der Waals surface area contributed by atoms with Crippen molar-refractivity contribution in [2.24, 2.45) is 5.92 Å². The highest BCUT2D eigenvalue weighted by atomic mass is 16.5. The lowest BCUT2D eigenvalue weighted by Gasteiger charge is -2.51. The van der Waals surface area contributed by atoms with E-state index in [1.54, 1.807) is 6.07 Å². The van der Waals surface area contributed by atoms with Crippen LogP contribution in [0, 0.1) is 5.92 Å². The molecule has 0 heterocycles. The van der Waals surface area contributed by atoms with Gasteiger partial charge in [-0.15, -0.1) is 0 Å². The third-order valence-electron chi connectivity index (χ3n) is 4.73. The molecular formula is C15H18O3. The quantitative estimate of drug-likeness (QED) is 0.775. The molecular weight excluding hydrogens is 228 g/mol. The molecule has 0 saturated heterocycles. The first kappa shape index (κ1) is 11.6. The highest BCUT2D eigenvalue weighted by Gasteiger charge is 2.53. The zero-order chi connectivity index (χ0) is 12.8. The number of aryl methyl sites for hydroxylation is 1. The Balaban J connectivity index is 2.05. The van der Waals surface area contributed by atoms with Crippen LogP contribution in [0.25, 0.3) is 0 Å². The molecule has 0 aromatic heterocycles. The third-order valence-corrected chi connectivity index (χ3v) is 4.73. The van der Waals surface area contributed by atoms with Gasteiger partial charge < -0.3 is 9.84 Å². The zero-order valence-corrected chi connectivity index (χ0v) is 10.6. The van der Waals surface area contributed by atoms with E-state index < -0.39 is 0 Å². The van der Waals surface area contributed by atoms with Crippen molar-refractivity contribution < 1.29 is 14.6 Å². The van der Waals surface area contributed by atoms with Crippen LogP contribution in [0.5, 0.6) is 5.75 Å². The minimum atomic E-state index is -0.0996. The summed E-state index contributed by atoms with van der Waals surface area (Å²) in [6.07, 6.45) is 5.13. The fourth-order valence-corrected chi connectivity index (χ4v) is 3.72. The molecule has 1 fully saturated rings. The van der Waals surface area contributed by atoms with E-state index in [4.69, 9.17) is 4.74 Å². The number of hydrogen-bond acceptors (Lipinski definition) is 3. The van der Waals surface area contributed by atoms with Crippen molar-refractivity contribution in [3.05, 3.63) is 29.3 Å². The average molecular weight is 246 g/mol. The Hall–Kier alpha value is -1.51. The Bertz CT molecular complexity index is 495. The fraction of sp³-hybridized carbons (Fsp3) is 0.533. The first-order valence-electron chi connectivity index (χ1n) is 6.57. The average Bonchev–Trinajstić information content (AvgIpc) is 2.36. The molecule has 0 unspecified atom stereocenters. The van der Waals surface area contributed by atoms with Gasteiger partial charge in [-0.3, -0.25) is 4.79 Å². The molecule has 1 saturated carbocycles. The molecule has 3 nitrogen and oxygen atoms in total. The van der Waals surface area contributed by atoms with E-state index in [-0.39, 0.29) is 17.3 Å². The Morgan fingerprint density at radius 1 is 1.44 bits per heavy atom. The standard InChI is InChI=1S/C15H18O3/c1-18-14(17)12-6-8-15(12)7-2-3-10-4-5-11(16)9-13(10)15/h4-5,9,12,16H,2-3,6-8H2,1H3/t12-,15-/m1/s1. The molecule has 2 aliphatic carbocycles. The van der Waals surface area contributed by atoms with Crippen molar-refractivity contribution in [3.63, 3.8) is 0 Å². The molecule has 0 amide bonds. The van der Waals surface area contributed by atoms with Gasteiger partial charge >= 0.3 is 5.97 Å². The number of carbonyl (C=O) groups excluding carboxylic acids is 1. The number of ether oxygens (including phenoxy) is 1. The van der Waals surface area contributed by atoms with Crippen LogP contribution in [-0.2, 0) is 21.4 Å². The lowest BCUT2D eigenvalue weighted by Crippen LogP contribution is -2.50. The van der Waals surface area contributed by atoms with E-state index in [1.165, 1.54) is 18.2 Å². The number of phenols is 1. The highest BCUT2D eigenvalue weighted by molar-refractivity contribution is 5.76. The minimum Gasteiger partial charge on any atom is -0.508 e. The number of carbonyl (C=O) groups is 1. The Kier molecular flexibility index (Phi) is 2.58. The Morgan fingerprint density at radius 2 is 2.28 bits per heavy atom. The third kappa shape index (κ3) is 1.46. The number of hydrogen-bond donors (Lipinski definition) is 1. The van der Waals surface area contributed by atoms with E-state index in [0.29, 0.717) is 5.75 Å². The molecule has 1 aromatic rings. The molecule has 1 N–H and O–H groups in total. The summed E-state index contributed by atoms with van der Waals surface area (Å²) in [5, 5.41) is 9.71. The van der Waals surface area contributed by atoms with Gasteiger partial charge in [0.1, 0.15) is 5.75 Å². The number of rotatable bonds is 1. The zero-order valence-electron chi connectivity index (χ0n) is 10.6. The number of fused-ring (bicyclic) bond motifs is 2. The molecule has 2 aliphatic rings. The van der Waals surface area contributed by atoms with Crippen molar-refractivity contribution in [2.45, 2.75) is 37.5 Å². The Morgan fingerprint density at radius 3 is 2.94 bits per heavy atom. The van der Waals surface area contributed by atoms with Crippen molar-refractivity contribution in [1.82, 2.24) is 0 Å². The van der Waals surface area contributed by atoms with Gasteiger partial charge in [-0.1, -0.05) is 6.07 Å². The monoisotopic (exact) mass is 246 g/mol. The molecule has 96 valence electrons. The van der Waals surface area contributed by atoms with Crippen LogP contribution in [-0.4, -0.2) is 18.2 Å². The fourth-order valence-electron chi connectivity index (χ4n) is 3.72. The van der Waals surface area contributed by atoms with Gasteiger partial charge in [0.25, 0.3) is 0 Å². The predicted molar refractivity (Wildman–Crippen MR) is 67.5 cm³/mol. The molecule has 0 bridgehead atoms. The number of phenolic OH excluding ortho intramolecular Hbond substituents is 1. The van der Waals surface area contributed by atoms with Crippen LogP contribution in [0.15, 0.2) is 18.2 Å². The van der Waals surface area contributed by atoms with Crippen LogP contribution < -0.4 is 0 Å². The summed E-state index contributed by atoms with van der Waals surface area (Å²) in [4.78, 5) is 11.9. The summed E-state index contributed by atoms with van der Waals surface area (Å²) in [5.74, 6) is 0.173. The second-order valence-corrected chi connectivity index (χ2v) is 5.47. The van der Waals surface area contributed by atoms with Gasteiger partial charge in [-0.05, 0) is 55.4 Å². The lowest BCUT2D eigenvalue weighted by atomic mass is 9.52. The largest absolute Gasteiger partial charge is 0.508 e. The van der Waals surface area contributed by atoms with Crippen molar-refractivity contribution in [3.8, 4) is 5.75 Å². The molecule has 18 heavy (non-hydrogen) atoms. The SMILES string of the molecule is COC(=O)[C@H]1CC[C@]12CCCc1ccc(O)cc12. The first-order valence-corrected chi connectivity index (χ1v) is 6.57. The van der Waals surface area contributed by atoms with Crippen LogP contribution in [0.4, 0.5) is 0 Å². The van der Waals surface area contributed by atoms with Crippen molar-refractivity contribution >= 4 is 5.97 Å². The van der Waals surface area contributed by atoms with Crippen LogP contribution in [0.1, 0.15) is 36.8 Å². The minimum absolute atomic E-state index is 0.0247. The van der Waals surface area contributed by atoms with Gasteiger partial charge in [-0.2, -0.15) is 0 Å². The molecule has 1 spiro atoms. The van der Waals surface area contributed by atoms with E-state index in [9.17, 15) is 9.90 Å². The van der Waals surface area contributed by atoms with Gasteiger partial charge in [0.15, 0.2) is 0 Å². The molecule has 3 heteroatoms. The van der Waals surface area contributed by atoms with Crippen LogP contribution >= 0.6 is 0 Å². The lowest BCUT2D eigenvalue weighted by molar-refractivity contribution is -0.153. The summed E-state index contributed by atoms with van der Waals surface area (Å²) in [6, 6.07) is 5.59. The second-order valence-electron chi connectivity index (χ2n) is 5.47. The molecule has 2 atom stereocenters. The smallest absolute Gasteiger partial charge is 0.309 e. The predicted octanol–water partition coefficient (Wildman–Crippen LogP) is 2.55. The van der Waals surface area contributed by atoms with Crippen molar-refractivity contribution in [1.29, 1.82) is 0 Å². The normalized spacial score (nSPS) is 29.5. The van der Waals surface area contributed by atoms with E-state index in [1.807, 2.05) is 12.1 Å². The maximum atomic E-state index is 11.9. The topological polar surface area (TPSA) is 46.5 Å². The number of esters is 1. The van der Waals surface area contributed by atoms with E-state index in [2.05, 4.69) is 0 Å². The number of methoxy groups -OCH3 is 1. The van der Waals surface area contributed by atoms with Crippen LogP contribution in [0.3, 0.4) is 0 Å². The van der Waals surface area contributed by atoms with Crippen molar-refractivity contribution in [2.75, 3.05) is 7.11 Å². The summed E-state index contributed by atoms with van der Waals surface area (Å²) >= 11 is 0. The number of benzene rings is 1. The Labute approximate surface area is 107 Å². The molecule has 0 aliphatic heterocycles. The maximum Gasteiger partial charge on any atom is 0.309 e. The number of aromatic hydroxyl groups is 1. The second kappa shape index (κ2) is 4.01. The molecule has 1 aromatic carbocycles. The van der Waals surface area contributed by atoms with E-state index >= 15 is 0 Å². The summed E-state index contributed by atoms with van der Waals surface area (Å²) in [5.41, 5.74) is 2.39. The highest BCUT2D eigenvalue weighted by Crippen LogP contribution is 2.56. The maximum absolute atomic E-state index is 11.9. The summed E-state index contributed by atoms with van der Waals surface area (Å²) in [6.45, 7) is 0. The van der Waals surface area contributed by atoms with Gasteiger partial charge in [-0.25, -0.2) is 0 Å². The van der Waals surface area contributed by atoms with Gasteiger partial charge in [0.2, 0.25) is 0 Å². The summed E-state index contributed by atoms with van der Waals surface area (Å²) in [7, 11) is 1.46.